The Labute approximate surface area is 146 Å². The third kappa shape index (κ3) is 2.49. The second-order valence-corrected chi connectivity index (χ2v) is 6.25. The van der Waals surface area contributed by atoms with Crippen LogP contribution in [0.2, 0.25) is 0 Å². The zero-order valence-electron chi connectivity index (χ0n) is 14.4. The van der Waals surface area contributed by atoms with Crippen molar-refractivity contribution in [2.24, 2.45) is 0 Å². The zero-order chi connectivity index (χ0) is 17.4. The van der Waals surface area contributed by atoms with E-state index in [-0.39, 0.29) is 5.78 Å². The van der Waals surface area contributed by atoms with Crippen LogP contribution in [0, 0.1) is 0 Å². The molecule has 0 radical (unpaired) electrons. The number of aromatic amines is 2. The minimum absolute atomic E-state index is 0.0565. The first kappa shape index (κ1) is 15.5. The van der Waals surface area contributed by atoms with Crippen molar-refractivity contribution in [2.75, 3.05) is 0 Å². The van der Waals surface area contributed by atoms with Crippen LogP contribution in [0.4, 0.5) is 0 Å². The molecule has 0 saturated carbocycles. The molecular formula is C22H20N2O. The Morgan fingerprint density at radius 1 is 1.00 bits per heavy atom. The summed E-state index contributed by atoms with van der Waals surface area (Å²) < 4.78 is 0. The van der Waals surface area contributed by atoms with Gasteiger partial charge in [-0.2, -0.15) is 0 Å². The average Bonchev–Trinajstić information content (AvgIpc) is 3.26. The van der Waals surface area contributed by atoms with Crippen molar-refractivity contribution in [1.82, 2.24) is 9.97 Å². The van der Waals surface area contributed by atoms with Gasteiger partial charge in [0.05, 0.1) is 11.4 Å². The summed E-state index contributed by atoms with van der Waals surface area (Å²) in [6, 6.07) is 18.5. The lowest BCUT2D eigenvalue weighted by atomic mass is 9.95. The molecule has 0 amide bonds. The molecule has 4 rings (SSSR count). The van der Waals surface area contributed by atoms with Crippen molar-refractivity contribution in [3.05, 3.63) is 72.1 Å². The lowest BCUT2D eigenvalue weighted by Gasteiger charge is -2.07. The summed E-state index contributed by atoms with van der Waals surface area (Å²) in [4.78, 5) is 19.0. The van der Waals surface area contributed by atoms with Gasteiger partial charge in [-0.1, -0.05) is 49.4 Å². The molecule has 3 heteroatoms. The Bertz CT molecular complexity index is 1050. The van der Waals surface area contributed by atoms with Crippen molar-refractivity contribution >= 4 is 16.7 Å². The van der Waals surface area contributed by atoms with E-state index in [9.17, 15) is 4.79 Å². The molecule has 2 aromatic carbocycles. The van der Waals surface area contributed by atoms with E-state index in [1.807, 2.05) is 30.5 Å². The lowest BCUT2D eigenvalue weighted by molar-refractivity contribution is 0.101. The third-order valence-electron chi connectivity index (χ3n) is 4.74. The molecule has 0 aliphatic carbocycles. The van der Waals surface area contributed by atoms with Crippen LogP contribution in [0.5, 0.6) is 0 Å². The molecule has 25 heavy (non-hydrogen) atoms. The first-order valence-corrected chi connectivity index (χ1v) is 8.58. The van der Waals surface area contributed by atoms with Crippen molar-refractivity contribution < 1.29 is 4.79 Å². The number of hydrogen-bond donors (Lipinski definition) is 2. The molecule has 0 atom stereocenters. The summed E-state index contributed by atoms with van der Waals surface area (Å²) in [5.74, 6) is 0.0565. The molecule has 0 unspecified atom stereocenters. The van der Waals surface area contributed by atoms with Gasteiger partial charge in [-0.05, 0) is 29.7 Å². The lowest BCUT2D eigenvalue weighted by Crippen LogP contribution is -1.95. The van der Waals surface area contributed by atoms with Gasteiger partial charge in [-0.3, -0.25) is 4.79 Å². The maximum atomic E-state index is 12.3. The van der Waals surface area contributed by atoms with Crippen molar-refractivity contribution in [1.29, 1.82) is 0 Å². The molecule has 3 nitrogen and oxygen atoms in total. The zero-order valence-corrected chi connectivity index (χ0v) is 14.4. The molecule has 2 heterocycles. The summed E-state index contributed by atoms with van der Waals surface area (Å²) >= 11 is 0. The quantitative estimate of drug-likeness (QED) is 0.471. The Kier molecular flexibility index (Phi) is 3.77. The van der Waals surface area contributed by atoms with Crippen LogP contribution in [0.15, 0.2) is 60.8 Å². The summed E-state index contributed by atoms with van der Waals surface area (Å²) in [5, 5.41) is 1.16. The highest BCUT2D eigenvalue weighted by Crippen LogP contribution is 2.38. The molecular weight excluding hydrogens is 308 g/mol. The van der Waals surface area contributed by atoms with E-state index in [0.29, 0.717) is 5.69 Å². The summed E-state index contributed by atoms with van der Waals surface area (Å²) in [5.41, 5.74) is 7.24. The van der Waals surface area contributed by atoms with E-state index in [1.165, 1.54) is 5.56 Å². The first-order valence-electron chi connectivity index (χ1n) is 8.58. The Hall–Kier alpha value is -3.07. The smallest absolute Gasteiger partial charge is 0.176 e. The Morgan fingerprint density at radius 3 is 2.52 bits per heavy atom. The highest BCUT2D eigenvalue weighted by Gasteiger charge is 2.22. The van der Waals surface area contributed by atoms with Crippen LogP contribution in [0.25, 0.3) is 33.3 Å². The van der Waals surface area contributed by atoms with Gasteiger partial charge in [0, 0.05) is 35.2 Å². The molecule has 0 aliphatic heterocycles. The second kappa shape index (κ2) is 6.10. The van der Waals surface area contributed by atoms with Gasteiger partial charge < -0.3 is 9.97 Å². The van der Waals surface area contributed by atoms with Crippen LogP contribution in [-0.4, -0.2) is 15.8 Å². The van der Waals surface area contributed by atoms with Crippen LogP contribution in [-0.2, 0) is 6.42 Å². The van der Waals surface area contributed by atoms with Gasteiger partial charge in [0.1, 0.15) is 0 Å². The van der Waals surface area contributed by atoms with Gasteiger partial charge in [-0.15, -0.1) is 0 Å². The number of carbonyl (C=O) groups is 1. The van der Waals surface area contributed by atoms with Crippen LogP contribution >= 0.6 is 0 Å². The molecule has 0 aliphatic rings. The van der Waals surface area contributed by atoms with Crippen LogP contribution in [0.1, 0.15) is 29.9 Å². The Morgan fingerprint density at radius 2 is 1.80 bits per heavy atom. The largest absolute Gasteiger partial charge is 0.361 e. The van der Waals surface area contributed by atoms with E-state index in [1.54, 1.807) is 6.92 Å². The fourth-order valence-corrected chi connectivity index (χ4v) is 3.61. The van der Waals surface area contributed by atoms with E-state index >= 15 is 0 Å². The van der Waals surface area contributed by atoms with Gasteiger partial charge in [0.2, 0.25) is 0 Å². The molecule has 0 spiro atoms. The van der Waals surface area contributed by atoms with E-state index in [2.05, 4.69) is 47.2 Å². The standard InChI is InChI=1S/C22H20N2O/c1-3-16-20(15-8-5-4-6-9-15)21(14(2)25)24-22(16)18-10-7-11-19-17(18)12-13-23-19/h4-13,23-24H,3H2,1-2H3. The van der Waals surface area contributed by atoms with Crippen molar-refractivity contribution in [3.63, 3.8) is 0 Å². The Balaban J connectivity index is 2.05. The van der Waals surface area contributed by atoms with Crippen molar-refractivity contribution in [3.8, 4) is 22.4 Å². The second-order valence-electron chi connectivity index (χ2n) is 6.25. The monoisotopic (exact) mass is 328 g/mol. The molecule has 0 fully saturated rings. The summed E-state index contributed by atoms with van der Waals surface area (Å²) in [6.45, 7) is 3.76. The number of fused-ring (bicyclic) bond motifs is 1. The minimum Gasteiger partial charge on any atom is -0.361 e. The van der Waals surface area contributed by atoms with E-state index in [4.69, 9.17) is 0 Å². The normalized spacial score (nSPS) is 11.1. The number of ketones is 1. The maximum absolute atomic E-state index is 12.3. The minimum atomic E-state index is 0.0565. The fourth-order valence-electron chi connectivity index (χ4n) is 3.61. The van der Waals surface area contributed by atoms with Gasteiger partial charge in [-0.25, -0.2) is 0 Å². The summed E-state index contributed by atoms with van der Waals surface area (Å²) in [6.07, 6.45) is 2.80. The van der Waals surface area contributed by atoms with Crippen LogP contribution < -0.4 is 0 Å². The highest BCUT2D eigenvalue weighted by molar-refractivity contribution is 6.04. The number of rotatable bonds is 4. The average molecular weight is 328 g/mol. The number of benzene rings is 2. The summed E-state index contributed by atoms with van der Waals surface area (Å²) in [7, 11) is 0. The first-order chi connectivity index (χ1) is 12.2. The number of H-pyrrole nitrogens is 2. The SMILES string of the molecule is CCc1c(-c2cccc3[nH]ccc23)[nH]c(C(C)=O)c1-c1ccccc1. The number of aromatic nitrogens is 2. The van der Waals surface area contributed by atoms with Crippen LogP contribution in [0.3, 0.4) is 0 Å². The van der Waals surface area contributed by atoms with Crippen molar-refractivity contribution in [2.45, 2.75) is 20.3 Å². The third-order valence-corrected chi connectivity index (χ3v) is 4.74. The van der Waals surface area contributed by atoms with Gasteiger partial charge >= 0.3 is 0 Å². The van der Waals surface area contributed by atoms with E-state index in [0.717, 1.165) is 39.7 Å². The predicted molar refractivity (Wildman–Crippen MR) is 103 cm³/mol. The molecule has 2 N–H and O–H groups in total. The molecule has 0 saturated heterocycles. The molecule has 124 valence electrons. The predicted octanol–water partition coefficient (Wildman–Crippen LogP) is 5.60. The van der Waals surface area contributed by atoms with E-state index < -0.39 is 0 Å². The topological polar surface area (TPSA) is 48.6 Å². The fraction of sp³-hybridized carbons (Fsp3) is 0.136. The molecule has 4 aromatic rings. The number of nitrogens with one attached hydrogen (secondary N) is 2. The maximum Gasteiger partial charge on any atom is 0.176 e. The number of Topliss-reactive ketones (excluding diaryl/α,β-unsaturated/α-hetero) is 1. The number of hydrogen-bond acceptors (Lipinski definition) is 1. The molecule has 0 bridgehead atoms. The molecule has 2 aromatic heterocycles. The van der Waals surface area contributed by atoms with Gasteiger partial charge in [0.15, 0.2) is 5.78 Å². The number of carbonyl (C=O) groups excluding carboxylic acids is 1. The van der Waals surface area contributed by atoms with Gasteiger partial charge in [0.25, 0.3) is 0 Å². The highest BCUT2D eigenvalue weighted by atomic mass is 16.1.